The standard InChI is InChI=1S/C29H20ClNO7S2/c1-17-6-9-20(10-7-17)40(34,35)38-24-11-8-18-4-2-3-5-21(18)22(24)13-27-28(32)31(29(33)39-27)15-19-12-25-26(14-23(19)30)37-16-36-25/h2-14H,15-16H2,1H3/b27-13-. The van der Waals surface area contributed by atoms with E-state index in [4.69, 9.17) is 25.3 Å². The van der Waals surface area contributed by atoms with Crippen molar-refractivity contribution in [1.29, 1.82) is 0 Å². The van der Waals surface area contributed by atoms with Gasteiger partial charge in [0.05, 0.1) is 11.4 Å². The highest BCUT2D eigenvalue weighted by Gasteiger charge is 2.36. The van der Waals surface area contributed by atoms with E-state index in [0.29, 0.717) is 33.0 Å². The van der Waals surface area contributed by atoms with Crippen LogP contribution in [0.1, 0.15) is 16.7 Å². The largest absolute Gasteiger partial charge is 0.454 e. The van der Waals surface area contributed by atoms with Crippen molar-refractivity contribution in [2.45, 2.75) is 18.4 Å². The summed E-state index contributed by atoms with van der Waals surface area (Å²) in [4.78, 5) is 27.5. The van der Waals surface area contributed by atoms with Gasteiger partial charge >= 0.3 is 10.1 Å². The molecular formula is C29H20ClNO7S2. The van der Waals surface area contributed by atoms with Crippen LogP contribution in [0.15, 0.2) is 82.6 Å². The first-order valence-corrected chi connectivity index (χ1v) is 14.7. The fraction of sp³-hybridized carbons (Fsp3) is 0.103. The molecule has 0 bridgehead atoms. The molecule has 40 heavy (non-hydrogen) atoms. The zero-order valence-electron chi connectivity index (χ0n) is 20.9. The lowest BCUT2D eigenvalue weighted by atomic mass is 10.0. The number of hydrogen-bond acceptors (Lipinski definition) is 8. The number of nitrogens with zero attached hydrogens (tertiary/aromatic N) is 1. The van der Waals surface area contributed by atoms with Crippen molar-refractivity contribution in [1.82, 2.24) is 4.90 Å². The third-order valence-electron chi connectivity index (χ3n) is 6.46. The molecule has 1 fully saturated rings. The lowest BCUT2D eigenvalue weighted by Crippen LogP contribution is -2.27. The number of fused-ring (bicyclic) bond motifs is 2. The van der Waals surface area contributed by atoms with Crippen LogP contribution >= 0.6 is 23.4 Å². The summed E-state index contributed by atoms with van der Waals surface area (Å²) in [6.07, 6.45) is 1.49. The smallest absolute Gasteiger partial charge is 0.339 e. The molecule has 1 saturated heterocycles. The molecule has 2 heterocycles. The summed E-state index contributed by atoms with van der Waals surface area (Å²) in [6, 6.07) is 20.1. The Hall–Kier alpha value is -3.99. The Kier molecular flexibility index (Phi) is 6.69. The fourth-order valence-electron chi connectivity index (χ4n) is 4.39. The summed E-state index contributed by atoms with van der Waals surface area (Å²) in [6.45, 7) is 1.85. The van der Waals surface area contributed by atoms with E-state index in [1.807, 2.05) is 19.1 Å². The number of hydrogen-bond donors (Lipinski definition) is 0. The highest BCUT2D eigenvalue weighted by molar-refractivity contribution is 8.18. The average molecular weight is 594 g/mol. The minimum Gasteiger partial charge on any atom is -0.454 e. The highest BCUT2D eigenvalue weighted by atomic mass is 35.5. The van der Waals surface area contributed by atoms with Crippen LogP contribution < -0.4 is 13.7 Å². The molecule has 2 amide bonds. The number of carbonyl (C=O) groups excluding carboxylic acids is 2. The molecule has 0 aromatic heterocycles. The lowest BCUT2D eigenvalue weighted by molar-refractivity contribution is -0.123. The van der Waals surface area contributed by atoms with E-state index in [-0.39, 0.29) is 28.9 Å². The Morgan fingerprint density at radius 1 is 1.00 bits per heavy atom. The maximum absolute atomic E-state index is 13.4. The maximum Gasteiger partial charge on any atom is 0.339 e. The van der Waals surface area contributed by atoms with Gasteiger partial charge in [0.1, 0.15) is 4.90 Å². The van der Waals surface area contributed by atoms with Crippen LogP contribution in [0.2, 0.25) is 5.02 Å². The van der Waals surface area contributed by atoms with Crippen molar-refractivity contribution < 1.29 is 31.7 Å². The molecule has 2 aliphatic heterocycles. The molecule has 0 aliphatic carbocycles. The Bertz CT molecular complexity index is 1840. The van der Waals surface area contributed by atoms with Gasteiger partial charge in [-0.2, -0.15) is 8.42 Å². The second-order valence-corrected chi connectivity index (χ2v) is 12.1. The first-order valence-electron chi connectivity index (χ1n) is 12.1. The Labute approximate surface area is 239 Å². The molecule has 0 N–H and O–H groups in total. The highest BCUT2D eigenvalue weighted by Crippen LogP contribution is 2.41. The predicted octanol–water partition coefficient (Wildman–Crippen LogP) is 6.53. The van der Waals surface area contributed by atoms with Gasteiger partial charge in [-0.05, 0) is 65.4 Å². The van der Waals surface area contributed by atoms with Crippen LogP contribution in [-0.2, 0) is 21.5 Å². The molecule has 8 nitrogen and oxygen atoms in total. The van der Waals surface area contributed by atoms with Crippen LogP contribution in [0.3, 0.4) is 0 Å². The fourth-order valence-corrected chi connectivity index (χ4v) is 6.37. The summed E-state index contributed by atoms with van der Waals surface area (Å²) in [5.41, 5.74) is 1.79. The Balaban J connectivity index is 1.36. The topological polar surface area (TPSA) is 99.2 Å². The molecule has 0 unspecified atom stereocenters. The van der Waals surface area contributed by atoms with Crippen LogP contribution in [0.5, 0.6) is 17.2 Å². The Morgan fingerprint density at radius 2 is 1.73 bits per heavy atom. The molecule has 4 aromatic carbocycles. The van der Waals surface area contributed by atoms with Gasteiger partial charge in [-0.3, -0.25) is 14.5 Å². The summed E-state index contributed by atoms with van der Waals surface area (Å²) >= 11 is 7.13. The number of benzene rings is 4. The van der Waals surface area contributed by atoms with E-state index in [1.54, 1.807) is 42.5 Å². The number of thioether (sulfide) groups is 1. The SMILES string of the molecule is Cc1ccc(S(=O)(=O)Oc2ccc3ccccc3c2/C=C2\SC(=O)N(Cc3cc4c(cc3Cl)OCO4)C2=O)cc1. The number of rotatable bonds is 6. The lowest BCUT2D eigenvalue weighted by Gasteiger charge is -2.14. The van der Waals surface area contributed by atoms with E-state index >= 15 is 0 Å². The van der Waals surface area contributed by atoms with Crippen molar-refractivity contribution in [3.63, 3.8) is 0 Å². The molecule has 2 aliphatic rings. The molecule has 0 atom stereocenters. The van der Waals surface area contributed by atoms with Crippen molar-refractivity contribution >= 4 is 61.5 Å². The van der Waals surface area contributed by atoms with Gasteiger partial charge in [0.25, 0.3) is 11.1 Å². The number of halogens is 1. The van der Waals surface area contributed by atoms with Gasteiger partial charge in [0.15, 0.2) is 17.2 Å². The second-order valence-electron chi connectivity index (χ2n) is 9.11. The molecular weight excluding hydrogens is 574 g/mol. The summed E-state index contributed by atoms with van der Waals surface area (Å²) in [7, 11) is -4.18. The number of amides is 2. The molecule has 4 aromatic rings. The first kappa shape index (κ1) is 26.2. The van der Waals surface area contributed by atoms with Crippen molar-refractivity contribution in [3.8, 4) is 17.2 Å². The van der Waals surface area contributed by atoms with Gasteiger partial charge in [-0.1, -0.05) is 59.6 Å². The van der Waals surface area contributed by atoms with Crippen molar-refractivity contribution in [2.24, 2.45) is 0 Å². The first-order chi connectivity index (χ1) is 19.2. The molecule has 0 radical (unpaired) electrons. The third-order valence-corrected chi connectivity index (χ3v) is 8.97. The number of imide groups is 1. The maximum atomic E-state index is 13.4. The second kappa shape index (κ2) is 10.2. The van der Waals surface area contributed by atoms with E-state index in [0.717, 1.165) is 27.6 Å². The molecule has 6 rings (SSSR count). The minimum atomic E-state index is -4.18. The normalized spacial score (nSPS) is 15.8. The number of aryl methyl sites for hydroxylation is 1. The predicted molar refractivity (Wildman–Crippen MR) is 152 cm³/mol. The monoisotopic (exact) mass is 593 g/mol. The van der Waals surface area contributed by atoms with Crippen LogP contribution in [0.25, 0.3) is 16.8 Å². The zero-order chi connectivity index (χ0) is 28.0. The average Bonchev–Trinajstić information content (AvgIpc) is 3.49. The van der Waals surface area contributed by atoms with Gasteiger partial charge < -0.3 is 13.7 Å². The van der Waals surface area contributed by atoms with Gasteiger partial charge in [0.2, 0.25) is 6.79 Å². The third kappa shape index (κ3) is 4.90. The van der Waals surface area contributed by atoms with Gasteiger partial charge in [0, 0.05) is 16.7 Å². The quantitative estimate of drug-likeness (QED) is 0.184. The number of carbonyl (C=O) groups is 2. The van der Waals surface area contributed by atoms with E-state index in [2.05, 4.69) is 0 Å². The van der Waals surface area contributed by atoms with Crippen LogP contribution in [-0.4, -0.2) is 31.3 Å². The summed E-state index contributed by atoms with van der Waals surface area (Å²) in [5.74, 6) is 0.468. The minimum absolute atomic E-state index is 0.00172. The van der Waals surface area contributed by atoms with Gasteiger partial charge in [-0.25, -0.2) is 0 Å². The summed E-state index contributed by atoms with van der Waals surface area (Å²) < 4.78 is 42.5. The summed E-state index contributed by atoms with van der Waals surface area (Å²) in [5, 5.41) is 1.31. The van der Waals surface area contributed by atoms with E-state index < -0.39 is 21.3 Å². The molecule has 0 spiro atoms. The molecule has 11 heteroatoms. The number of ether oxygens (including phenoxy) is 2. The van der Waals surface area contributed by atoms with E-state index in [9.17, 15) is 18.0 Å². The van der Waals surface area contributed by atoms with Gasteiger partial charge in [-0.15, -0.1) is 0 Å². The van der Waals surface area contributed by atoms with Crippen LogP contribution in [0.4, 0.5) is 4.79 Å². The molecule has 0 saturated carbocycles. The zero-order valence-corrected chi connectivity index (χ0v) is 23.3. The Morgan fingerprint density at radius 3 is 2.50 bits per heavy atom. The molecule has 202 valence electrons. The van der Waals surface area contributed by atoms with Crippen LogP contribution in [0, 0.1) is 6.92 Å². The van der Waals surface area contributed by atoms with Crippen molar-refractivity contribution in [2.75, 3.05) is 6.79 Å². The van der Waals surface area contributed by atoms with Crippen molar-refractivity contribution in [3.05, 3.63) is 99.4 Å². The van der Waals surface area contributed by atoms with E-state index in [1.165, 1.54) is 24.3 Å².